The monoisotopic (exact) mass is 415 g/mol. The summed E-state index contributed by atoms with van der Waals surface area (Å²) in [6, 6.07) is 9.94. The summed E-state index contributed by atoms with van der Waals surface area (Å²) in [7, 11) is 1.53. The number of amides is 1. The molecule has 1 N–H and O–H groups in total. The van der Waals surface area contributed by atoms with Crippen molar-refractivity contribution < 1.29 is 24.2 Å². The van der Waals surface area contributed by atoms with E-state index in [1.165, 1.54) is 23.3 Å². The number of aliphatic hydroxyl groups is 1. The fourth-order valence-electron chi connectivity index (χ4n) is 3.33. The maximum Gasteiger partial charge on any atom is 0.295 e. The molecular weight excluding hydrogens is 390 g/mol. The minimum atomic E-state index is -0.673. The van der Waals surface area contributed by atoms with Gasteiger partial charge in [-0.2, -0.15) is 0 Å². The van der Waals surface area contributed by atoms with Gasteiger partial charge in [-0.15, -0.1) is 11.3 Å². The minimum Gasteiger partial charge on any atom is -0.507 e. The lowest BCUT2D eigenvalue weighted by molar-refractivity contribution is -0.140. The van der Waals surface area contributed by atoms with Crippen molar-refractivity contribution in [2.24, 2.45) is 0 Å². The summed E-state index contributed by atoms with van der Waals surface area (Å²) in [6.07, 6.45) is 0.707. The number of thiophene rings is 1. The number of nitrogens with zero attached hydrogens (tertiary/aromatic N) is 1. The van der Waals surface area contributed by atoms with Crippen molar-refractivity contribution in [1.29, 1.82) is 0 Å². The van der Waals surface area contributed by atoms with Crippen molar-refractivity contribution in [2.75, 3.05) is 20.3 Å². The number of methoxy groups -OCH3 is 1. The standard InChI is InChI=1S/C22H25NO5S/c1-14(2)28-11-6-10-23-19(17-9-5-12-29-17)18(21(25)22(23)26)20(24)15-7-4-8-16(13-15)27-3/h4-5,7-9,12-14,19,24H,6,10-11H2,1-3H3/t19-/m1/s1. The Morgan fingerprint density at radius 2 is 2.03 bits per heavy atom. The van der Waals surface area contributed by atoms with Crippen LogP contribution in [0.2, 0.25) is 0 Å². The normalized spacial score (nSPS) is 18.6. The number of carbonyl (C=O) groups excluding carboxylic acids is 2. The molecule has 1 aromatic heterocycles. The summed E-state index contributed by atoms with van der Waals surface area (Å²) < 4.78 is 10.8. The summed E-state index contributed by atoms with van der Waals surface area (Å²) in [5.41, 5.74) is 0.544. The Labute approximate surface area is 174 Å². The second-order valence-corrected chi connectivity index (χ2v) is 7.99. The third-order valence-corrected chi connectivity index (χ3v) is 5.62. The second kappa shape index (κ2) is 9.24. The van der Waals surface area contributed by atoms with Gasteiger partial charge in [0, 0.05) is 23.6 Å². The average molecular weight is 416 g/mol. The van der Waals surface area contributed by atoms with Crippen LogP contribution in [0.25, 0.3) is 5.76 Å². The first-order valence-corrected chi connectivity index (χ1v) is 10.4. The molecule has 29 heavy (non-hydrogen) atoms. The van der Waals surface area contributed by atoms with Crippen molar-refractivity contribution in [3.63, 3.8) is 0 Å². The number of benzene rings is 1. The third kappa shape index (κ3) is 4.52. The SMILES string of the molecule is COc1cccc(C(O)=C2C(=O)C(=O)N(CCCOC(C)C)[C@@H]2c2cccs2)c1. The zero-order valence-electron chi connectivity index (χ0n) is 16.8. The van der Waals surface area contributed by atoms with E-state index in [0.29, 0.717) is 30.9 Å². The predicted molar refractivity (Wildman–Crippen MR) is 112 cm³/mol. The van der Waals surface area contributed by atoms with Crippen molar-refractivity contribution >= 4 is 28.8 Å². The Hall–Kier alpha value is -2.64. The fourth-order valence-corrected chi connectivity index (χ4v) is 4.18. The number of hydrogen-bond acceptors (Lipinski definition) is 6. The zero-order chi connectivity index (χ0) is 21.0. The number of likely N-dealkylation sites (tertiary alicyclic amines) is 1. The van der Waals surface area contributed by atoms with Crippen LogP contribution in [0.1, 0.15) is 36.8 Å². The molecule has 0 saturated carbocycles. The molecular formula is C22H25NO5S. The van der Waals surface area contributed by atoms with E-state index in [-0.39, 0.29) is 17.4 Å². The summed E-state index contributed by atoms with van der Waals surface area (Å²) in [6.45, 7) is 4.76. The molecule has 1 aromatic carbocycles. The van der Waals surface area contributed by atoms with Crippen molar-refractivity contribution in [1.82, 2.24) is 4.90 Å². The van der Waals surface area contributed by atoms with Gasteiger partial charge in [-0.25, -0.2) is 0 Å². The number of rotatable bonds is 8. The van der Waals surface area contributed by atoms with E-state index in [1.54, 1.807) is 24.3 Å². The average Bonchev–Trinajstić information content (AvgIpc) is 3.32. The van der Waals surface area contributed by atoms with Crippen molar-refractivity contribution in [3.8, 4) is 5.75 Å². The van der Waals surface area contributed by atoms with Crippen LogP contribution in [0.15, 0.2) is 47.4 Å². The number of hydrogen-bond donors (Lipinski definition) is 1. The number of aliphatic hydroxyl groups excluding tert-OH is 1. The lowest BCUT2D eigenvalue weighted by Gasteiger charge is -2.24. The lowest BCUT2D eigenvalue weighted by Crippen LogP contribution is -2.31. The van der Waals surface area contributed by atoms with Crippen LogP contribution in [-0.2, 0) is 14.3 Å². The van der Waals surface area contributed by atoms with Crippen LogP contribution in [0.4, 0.5) is 0 Å². The van der Waals surface area contributed by atoms with Crippen molar-refractivity contribution in [3.05, 3.63) is 57.8 Å². The van der Waals surface area contributed by atoms with E-state index < -0.39 is 17.7 Å². The van der Waals surface area contributed by atoms with Crippen LogP contribution in [0, 0.1) is 0 Å². The maximum absolute atomic E-state index is 12.9. The largest absolute Gasteiger partial charge is 0.507 e. The van der Waals surface area contributed by atoms with Crippen LogP contribution in [-0.4, -0.2) is 48.1 Å². The van der Waals surface area contributed by atoms with E-state index in [2.05, 4.69) is 0 Å². The van der Waals surface area contributed by atoms with Gasteiger partial charge < -0.3 is 19.5 Å². The zero-order valence-corrected chi connectivity index (χ0v) is 17.6. The molecule has 1 fully saturated rings. The van der Waals surface area contributed by atoms with Crippen LogP contribution >= 0.6 is 11.3 Å². The number of ether oxygens (including phenoxy) is 2. The first-order chi connectivity index (χ1) is 13.9. The molecule has 1 atom stereocenters. The minimum absolute atomic E-state index is 0.103. The Bertz CT molecular complexity index is 904. The van der Waals surface area contributed by atoms with Gasteiger partial charge in [0.1, 0.15) is 11.5 Å². The third-order valence-electron chi connectivity index (χ3n) is 4.69. The van der Waals surface area contributed by atoms with E-state index in [4.69, 9.17) is 9.47 Å². The van der Waals surface area contributed by atoms with E-state index in [0.717, 1.165) is 4.88 Å². The van der Waals surface area contributed by atoms with Gasteiger partial charge in [-0.1, -0.05) is 18.2 Å². The molecule has 1 saturated heterocycles. The molecule has 0 aliphatic carbocycles. The fraction of sp³-hybridized carbons (Fsp3) is 0.364. The van der Waals surface area contributed by atoms with Crippen LogP contribution in [0.3, 0.4) is 0 Å². The molecule has 2 heterocycles. The highest BCUT2D eigenvalue weighted by atomic mass is 32.1. The first kappa shape index (κ1) is 21.1. The van der Waals surface area contributed by atoms with Gasteiger partial charge in [-0.3, -0.25) is 9.59 Å². The molecule has 154 valence electrons. The summed E-state index contributed by atoms with van der Waals surface area (Å²) >= 11 is 1.45. The first-order valence-electron chi connectivity index (χ1n) is 9.52. The molecule has 3 rings (SSSR count). The van der Waals surface area contributed by atoms with Gasteiger partial charge in [0.15, 0.2) is 0 Å². The van der Waals surface area contributed by atoms with Crippen LogP contribution < -0.4 is 4.74 Å². The molecule has 0 bridgehead atoms. The summed E-state index contributed by atoms with van der Waals surface area (Å²) in [5.74, 6) is -0.908. The van der Waals surface area contributed by atoms with Gasteiger partial charge in [0.05, 0.1) is 24.8 Å². The molecule has 6 nitrogen and oxygen atoms in total. The number of Topliss-reactive ketones (excluding diaryl/α,β-unsaturated/α-hetero) is 1. The summed E-state index contributed by atoms with van der Waals surface area (Å²) in [4.78, 5) is 28.0. The summed E-state index contributed by atoms with van der Waals surface area (Å²) in [5, 5.41) is 12.9. The van der Waals surface area contributed by atoms with E-state index >= 15 is 0 Å². The molecule has 0 spiro atoms. The Morgan fingerprint density at radius 3 is 2.69 bits per heavy atom. The molecule has 0 radical (unpaired) electrons. The molecule has 2 aromatic rings. The highest BCUT2D eigenvalue weighted by Crippen LogP contribution is 2.41. The Kier molecular flexibility index (Phi) is 6.71. The van der Waals surface area contributed by atoms with E-state index in [9.17, 15) is 14.7 Å². The predicted octanol–water partition coefficient (Wildman–Crippen LogP) is 3.99. The Balaban J connectivity index is 1.98. The molecule has 1 aliphatic rings. The molecule has 1 aliphatic heterocycles. The van der Waals surface area contributed by atoms with Gasteiger partial charge >= 0.3 is 0 Å². The molecule has 0 unspecified atom stereocenters. The second-order valence-electron chi connectivity index (χ2n) is 7.01. The molecule has 7 heteroatoms. The highest BCUT2D eigenvalue weighted by Gasteiger charge is 2.46. The van der Waals surface area contributed by atoms with E-state index in [1.807, 2.05) is 31.4 Å². The van der Waals surface area contributed by atoms with Gasteiger partial charge in [0.25, 0.3) is 11.7 Å². The van der Waals surface area contributed by atoms with Gasteiger partial charge in [0.2, 0.25) is 0 Å². The Morgan fingerprint density at radius 1 is 1.24 bits per heavy atom. The van der Waals surface area contributed by atoms with Crippen molar-refractivity contribution in [2.45, 2.75) is 32.4 Å². The number of ketones is 1. The smallest absolute Gasteiger partial charge is 0.295 e. The highest BCUT2D eigenvalue weighted by molar-refractivity contribution is 7.10. The van der Waals surface area contributed by atoms with Gasteiger partial charge in [-0.05, 0) is 43.8 Å². The maximum atomic E-state index is 12.9. The van der Waals surface area contributed by atoms with Crippen LogP contribution in [0.5, 0.6) is 5.75 Å². The number of carbonyl (C=O) groups is 2. The topological polar surface area (TPSA) is 76.1 Å². The quantitative estimate of drug-likeness (QED) is 0.305. The molecule has 1 amide bonds. The lowest BCUT2D eigenvalue weighted by atomic mass is 9.99.